The number of thioether (sulfide) groups is 1. The molecular weight excluding hydrogens is 214 g/mol. The van der Waals surface area contributed by atoms with Crippen molar-refractivity contribution in [2.45, 2.75) is 25.8 Å². The molecule has 0 aromatic rings. The summed E-state index contributed by atoms with van der Waals surface area (Å²) in [6, 6.07) is 0.294. The molecule has 0 radical (unpaired) electrons. The van der Waals surface area contributed by atoms with Gasteiger partial charge < -0.3 is 10.0 Å². The van der Waals surface area contributed by atoms with Crippen LogP contribution in [0.2, 0.25) is 0 Å². The van der Waals surface area contributed by atoms with Crippen LogP contribution in [0, 0.1) is 5.92 Å². The van der Waals surface area contributed by atoms with E-state index in [-0.39, 0.29) is 17.4 Å². The van der Waals surface area contributed by atoms with Crippen molar-refractivity contribution in [3.63, 3.8) is 0 Å². The molecular formula is C10H17NO3S. The van der Waals surface area contributed by atoms with Crippen LogP contribution in [-0.2, 0) is 9.59 Å². The number of hydrogen-bond donors (Lipinski definition) is 1. The molecule has 1 atom stereocenters. The Kier molecular flexibility index (Phi) is 4.45. The van der Waals surface area contributed by atoms with Gasteiger partial charge in [0.15, 0.2) is 0 Å². The second-order valence-electron chi connectivity index (χ2n) is 3.97. The smallest absolute Gasteiger partial charge is 0.313 e. The van der Waals surface area contributed by atoms with Crippen molar-refractivity contribution in [3.05, 3.63) is 0 Å². The summed E-state index contributed by atoms with van der Waals surface area (Å²) in [4.78, 5) is 23.6. The van der Waals surface area contributed by atoms with Crippen LogP contribution in [0.1, 0.15) is 19.8 Å². The monoisotopic (exact) mass is 231 g/mol. The van der Waals surface area contributed by atoms with E-state index in [0.29, 0.717) is 12.0 Å². The lowest BCUT2D eigenvalue weighted by Gasteiger charge is -2.24. The molecule has 1 aliphatic carbocycles. The quantitative estimate of drug-likeness (QED) is 0.742. The summed E-state index contributed by atoms with van der Waals surface area (Å²) >= 11 is 1.16. The van der Waals surface area contributed by atoms with E-state index >= 15 is 0 Å². The summed E-state index contributed by atoms with van der Waals surface area (Å²) in [5, 5.41) is 8.43. The highest BCUT2D eigenvalue weighted by Crippen LogP contribution is 2.34. The van der Waals surface area contributed by atoms with Crippen LogP contribution in [0.15, 0.2) is 0 Å². The molecule has 86 valence electrons. The van der Waals surface area contributed by atoms with Gasteiger partial charge in [-0.25, -0.2) is 0 Å². The molecule has 1 aliphatic rings. The Morgan fingerprint density at radius 1 is 1.47 bits per heavy atom. The fourth-order valence-electron chi connectivity index (χ4n) is 1.45. The second-order valence-corrected chi connectivity index (χ2v) is 4.95. The van der Waals surface area contributed by atoms with E-state index < -0.39 is 5.97 Å². The summed E-state index contributed by atoms with van der Waals surface area (Å²) < 4.78 is 0. The molecule has 0 aliphatic heterocycles. The van der Waals surface area contributed by atoms with Crippen molar-refractivity contribution in [1.82, 2.24) is 4.90 Å². The van der Waals surface area contributed by atoms with Crippen molar-refractivity contribution in [2.24, 2.45) is 5.92 Å². The van der Waals surface area contributed by atoms with Gasteiger partial charge in [0.2, 0.25) is 5.91 Å². The zero-order valence-electron chi connectivity index (χ0n) is 9.10. The van der Waals surface area contributed by atoms with Gasteiger partial charge >= 0.3 is 5.97 Å². The first-order chi connectivity index (χ1) is 7.02. The molecule has 1 N–H and O–H groups in total. The van der Waals surface area contributed by atoms with Crippen LogP contribution in [0.4, 0.5) is 0 Å². The van der Waals surface area contributed by atoms with Crippen LogP contribution < -0.4 is 0 Å². The van der Waals surface area contributed by atoms with Gasteiger partial charge in [-0.2, -0.15) is 0 Å². The minimum Gasteiger partial charge on any atom is -0.481 e. The number of aliphatic carboxylic acids is 1. The molecule has 1 unspecified atom stereocenters. The number of carboxylic acids is 1. The van der Waals surface area contributed by atoms with E-state index in [1.807, 2.05) is 0 Å². The molecule has 0 bridgehead atoms. The Hall–Kier alpha value is -0.710. The lowest BCUT2D eigenvalue weighted by molar-refractivity contribution is -0.133. The molecule has 4 nitrogen and oxygen atoms in total. The van der Waals surface area contributed by atoms with Crippen LogP contribution >= 0.6 is 11.8 Å². The molecule has 0 aromatic heterocycles. The zero-order chi connectivity index (χ0) is 11.4. The summed E-state index contributed by atoms with van der Waals surface area (Å²) in [6.45, 7) is 2.05. The minimum absolute atomic E-state index is 0.00259. The van der Waals surface area contributed by atoms with E-state index in [2.05, 4.69) is 6.92 Å². The van der Waals surface area contributed by atoms with Gasteiger partial charge in [-0.3, -0.25) is 9.59 Å². The maximum Gasteiger partial charge on any atom is 0.313 e. The first kappa shape index (κ1) is 12.4. The summed E-state index contributed by atoms with van der Waals surface area (Å²) in [5.74, 6) is 0.0758. The van der Waals surface area contributed by atoms with Gasteiger partial charge in [0.25, 0.3) is 0 Å². The van der Waals surface area contributed by atoms with E-state index in [4.69, 9.17) is 5.11 Å². The highest BCUT2D eigenvalue weighted by molar-refractivity contribution is 8.00. The lowest BCUT2D eigenvalue weighted by atomic mass is 10.2. The molecule has 0 aromatic carbocycles. The number of rotatable bonds is 6. The van der Waals surface area contributed by atoms with Crippen LogP contribution in [0.25, 0.3) is 0 Å². The molecule has 1 rings (SSSR count). The normalized spacial score (nSPS) is 17.2. The van der Waals surface area contributed by atoms with Gasteiger partial charge in [-0.15, -0.1) is 11.8 Å². The third-order valence-electron chi connectivity index (χ3n) is 2.76. The summed E-state index contributed by atoms with van der Waals surface area (Å²) in [6.07, 6.45) is 2.42. The predicted octanol–water partition coefficient (Wildman–Crippen LogP) is 1.06. The van der Waals surface area contributed by atoms with Crippen molar-refractivity contribution in [2.75, 3.05) is 18.6 Å². The van der Waals surface area contributed by atoms with E-state index in [9.17, 15) is 9.59 Å². The largest absolute Gasteiger partial charge is 0.481 e. The molecule has 0 spiro atoms. The number of nitrogens with zero attached hydrogens (tertiary/aromatic N) is 1. The maximum absolute atomic E-state index is 11.6. The maximum atomic E-state index is 11.6. The van der Waals surface area contributed by atoms with Crippen molar-refractivity contribution < 1.29 is 14.7 Å². The summed E-state index contributed by atoms with van der Waals surface area (Å²) in [5.41, 5.74) is 0. The topological polar surface area (TPSA) is 57.6 Å². The average molecular weight is 231 g/mol. The Bertz CT molecular complexity index is 253. The van der Waals surface area contributed by atoms with Crippen molar-refractivity contribution in [1.29, 1.82) is 0 Å². The molecule has 1 amide bonds. The molecule has 0 heterocycles. The molecule has 5 heteroatoms. The fourth-order valence-corrected chi connectivity index (χ4v) is 2.10. The predicted molar refractivity (Wildman–Crippen MR) is 59.9 cm³/mol. The fraction of sp³-hybridized carbons (Fsp3) is 0.800. The zero-order valence-corrected chi connectivity index (χ0v) is 9.92. The van der Waals surface area contributed by atoms with Crippen LogP contribution in [0.3, 0.4) is 0 Å². The van der Waals surface area contributed by atoms with Crippen molar-refractivity contribution >= 4 is 23.6 Å². The SMILES string of the molecule is CC(C1CC1)N(C)C(=O)CSCC(=O)O. The number of carbonyl (C=O) groups is 2. The molecule has 1 saturated carbocycles. The third kappa shape index (κ3) is 4.11. The minimum atomic E-state index is -0.870. The summed E-state index contributed by atoms with van der Waals surface area (Å²) in [7, 11) is 1.80. The first-order valence-corrected chi connectivity index (χ1v) is 6.23. The lowest BCUT2D eigenvalue weighted by Crippen LogP contribution is -2.37. The third-order valence-corrected chi connectivity index (χ3v) is 3.66. The highest BCUT2D eigenvalue weighted by atomic mass is 32.2. The van der Waals surface area contributed by atoms with Gasteiger partial charge in [0.05, 0.1) is 11.5 Å². The van der Waals surface area contributed by atoms with Crippen LogP contribution in [-0.4, -0.2) is 46.5 Å². The number of hydrogen-bond acceptors (Lipinski definition) is 3. The number of amides is 1. The Morgan fingerprint density at radius 2 is 2.07 bits per heavy atom. The van der Waals surface area contributed by atoms with Gasteiger partial charge in [-0.1, -0.05) is 0 Å². The van der Waals surface area contributed by atoms with Gasteiger partial charge in [0.1, 0.15) is 0 Å². The number of carbonyl (C=O) groups excluding carboxylic acids is 1. The standard InChI is InChI=1S/C10H17NO3S/c1-7(8-3-4-8)11(2)9(12)5-15-6-10(13)14/h7-8H,3-6H2,1-2H3,(H,13,14). The number of carboxylic acid groups (broad SMARTS) is 1. The van der Waals surface area contributed by atoms with E-state index in [1.54, 1.807) is 11.9 Å². The Morgan fingerprint density at radius 3 is 2.53 bits per heavy atom. The highest BCUT2D eigenvalue weighted by Gasteiger charge is 2.32. The average Bonchev–Trinajstić information content (AvgIpc) is 2.98. The van der Waals surface area contributed by atoms with Crippen molar-refractivity contribution in [3.8, 4) is 0 Å². The van der Waals surface area contributed by atoms with E-state index in [0.717, 1.165) is 11.8 Å². The molecule has 15 heavy (non-hydrogen) atoms. The van der Waals surface area contributed by atoms with Crippen LogP contribution in [0.5, 0.6) is 0 Å². The second kappa shape index (κ2) is 5.39. The van der Waals surface area contributed by atoms with Gasteiger partial charge in [-0.05, 0) is 25.7 Å². The van der Waals surface area contributed by atoms with E-state index in [1.165, 1.54) is 12.8 Å². The molecule has 1 fully saturated rings. The Balaban J connectivity index is 2.22. The Labute approximate surface area is 94.0 Å². The van der Waals surface area contributed by atoms with Gasteiger partial charge in [0, 0.05) is 13.1 Å². The first-order valence-electron chi connectivity index (χ1n) is 5.07. The molecule has 0 saturated heterocycles.